The fourth-order valence-electron chi connectivity index (χ4n) is 2.36. The van der Waals surface area contributed by atoms with Gasteiger partial charge in [0.1, 0.15) is 11.6 Å². The summed E-state index contributed by atoms with van der Waals surface area (Å²) in [6, 6.07) is 11.9. The Kier molecular flexibility index (Phi) is 5.04. The maximum Gasteiger partial charge on any atom is 0.341 e. The number of carbonyl (C=O) groups is 2. The van der Waals surface area contributed by atoms with Crippen molar-refractivity contribution < 1.29 is 24.5 Å². The Balaban J connectivity index is 2.66. The highest BCUT2D eigenvalue weighted by Gasteiger charge is 2.40. The van der Waals surface area contributed by atoms with E-state index in [1.54, 1.807) is 18.2 Å². The molecule has 0 fully saturated rings. The number of carboxylic acids is 1. The summed E-state index contributed by atoms with van der Waals surface area (Å²) in [6.07, 6.45) is 0. The average Bonchev–Trinajstić information content (AvgIpc) is 2.59. The van der Waals surface area contributed by atoms with Gasteiger partial charge < -0.3 is 26.4 Å². The van der Waals surface area contributed by atoms with Crippen molar-refractivity contribution in [2.24, 2.45) is 11.5 Å². The van der Waals surface area contributed by atoms with Crippen molar-refractivity contribution >= 4 is 17.7 Å². The van der Waals surface area contributed by atoms with Crippen molar-refractivity contribution in [1.29, 1.82) is 5.41 Å². The van der Waals surface area contributed by atoms with Crippen LogP contribution in [0, 0.1) is 5.41 Å². The lowest BCUT2D eigenvalue weighted by Gasteiger charge is -2.28. The number of aliphatic hydroxyl groups is 1. The molecule has 0 spiro atoms. The molecule has 0 radical (unpaired) electrons. The lowest BCUT2D eigenvalue weighted by atomic mass is 9.84. The van der Waals surface area contributed by atoms with Gasteiger partial charge in [0.15, 0.2) is 12.2 Å². The Bertz CT molecular complexity index is 822. The number of hydrogen-bond acceptors (Lipinski definition) is 5. The first-order valence-corrected chi connectivity index (χ1v) is 7.18. The number of amidine groups is 1. The quantitative estimate of drug-likeness (QED) is 0.355. The topological polar surface area (TPSA) is 160 Å². The highest BCUT2D eigenvalue weighted by molar-refractivity contribution is 5.96. The molecule has 0 saturated heterocycles. The van der Waals surface area contributed by atoms with Crippen LogP contribution in [-0.2, 0) is 15.2 Å². The Morgan fingerprint density at radius 2 is 1.76 bits per heavy atom. The van der Waals surface area contributed by atoms with Crippen molar-refractivity contribution in [3.8, 4) is 5.75 Å². The van der Waals surface area contributed by atoms with Crippen LogP contribution in [0.2, 0.25) is 0 Å². The minimum Gasteiger partial charge on any atom is -0.481 e. The van der Waals surface area contributed by atoms with Crippen molar-refractivity contribution in [3.05, 3.63) is 65.2 Å². The second-order valence-electron chi connectivity index (χ2n) is 5.25. The van der Waals surface area contributed by atoms with Crippen molar-refractivity contribution in [3.63, 3.8) is 0 Å². The molecule has 0 heterocycles. The number of nitrogens with one attached hydrogen (secondary N) is 1. The van der Waals surface area contributed by atoms with Crippen LogP contribution in [0.3, 0.4) is 0 Å². The van der Waals surface area contributed by atoms with Crippen molar-refractivity contribution in [2.45, 2.75) is 5.60 Å². The van der Waals surface area contributed by atoms with E-state index in [9.17, 15) is 14.7 Å². The molecule has 7 N–H and O–H groups in total. The zero-order valence-electron chi connectivity index (χ0n) is 13.1. The van der Waals surface area contributed by atoms with Crippen LogP contribution in [-0.4, -0.2) is 34.5 Å². The fourth-order valence-corrected chi connectivity index (χ4v) is 2.36. The first-order chi connectivity index (χ1) is 11.8. The smallest absolute Gasteiger partial charge is 0.341 e. The molecule has 0 aliphatic rings. The van der Waals surface area contributed by atoms with E-state index in [0.29, 0.717) is 0 Å². The number of carbonyl (C=O) groups excluding carboxylic acids is 1. The number of primary amides is 1. The molecule has 2 aromatic rings. The molecule has 130 valence electrons. The summed E-state index contributed by atoms with van der Waals surface area (Å²) in [4.78, 5) is 22.9. The Labute approximate surface area is 143 Å². The number of ether oxygens (including phenoxy) is 1. The molecule has 0 aliphatic carbocycles. The molecule has 1 atom stereocenters. The van der Waals surface area contributed by atoms with E-state index >= 15 is 0 Å². The third-order valence-electron chi connectivity index (χ3n) is 3.58. The van der Waals surface area contributed by atoms with Gasteiger partial charge >= 0.3 is 5.97 Å². The Hall–Kier alpha value is -3.39. The van der Waals surface area contributed by atoms with Crippen molar-refractivity contribution in [1.82, 2.24) is 0 Å². The summed E-state index contributed by atoms with van der Waals surface area (Å²) >= 11 is 0. The molecule has 25 heavy (non-hydrogen) atoms. The van der Waals surface area contributed by atoms with Gasteiger partial charge in [-0.25, -0.2) is 4.79 Å². The predicted octanol–water partition coefficient (Wildman–Crippen LogP) is 0.155. The van der Waals surface area contributed by atoms with Gasteiger partial charge in [-0.3, -0.25) is 10.2 Å². The lowest BCUT2D eigenvalue weighted by Crippen LogP contribution is -2.42. The molecule has 2 aromatic carbocycles. The minimum absolute atomic E-state index is 0.0440. The molecule has 0 saturated carbocycles. The van der Waals surface area contributed by atoms with Crippen LogP contribution in [0.25, 0.3) is 0 Å². The number of carboxylic acid groups (broad SMARTS) is 1. The van der Waals surface area contributed by atoms with Gasteiger partial charge in [-0.05, 0) is 11.6 Å². The zero-order chi connectivity index (χ0) is 18.6. The summed E-state index contributed by atoms with van der Waals surface area (Å²) in [5.41, 5.74) is 9.00. The van der Waals surface area contributed by atoms with E-state index in [0.717, 1.165) is 0 Å². The van der Waals surface area contributed by atoms with Crippen LogP contribution in [0.5, 0.6) is 5.75 Å². The first-order valence-electron chi connectivity index (χ1n) is 7.18. The maximum atomic E-state index is 12.1. The van der Waals surface area contributed by atoms with E-state index in [2.05, 4.69) is 0 Å². The molecule has 2 rings (SSSR count). The first kappa shape index (κ1) is 18.0. The number of hydrogen-bond donors (Lipinski definition) is 5. The molecule has 8 nitrogen and oxygen atoms in total. The molecule has 0 aromatic heterocycles. The minimum atomic E-state index is -2.25. The van der Waals surface area contributed by atoms with Gasteiger partial charge in [-0.2, -0.15) is 0 Å². The zero-order valence-corrected chi connectivity index (χ0v) is 13.1. The summed E-state index contributed by atoms with van der Waals surface area (Å²) in [7, 11) is 0. The molecular formula is C17H17N3O5. The maximum absolute atomic E-state index is 12.1. The highest BCUT2D eigenvalue weighted by atomic mass is 16.5. The third-order valence-corrected chi connectivity index (χ3v) is 3.58. The standard InChI is InChI=1S/C17H17N3O5/c18-15(19)10-6-7-12(13(8-10)25-9-14(21)22)17(24,16(20)23)11-4-2-1-3-5-11/h1-8,24H,9H2,(H3,18,19)(H2,20,23)(H,21,22). The average molecular weight is 343 g/mol. The summed E-state index contributed by atoms with van der Waals surface area (Å²) in [5, 5.41) is 27.3. The van der Waals surface area contributed by atoms with Gasteiger partial charge in [0.25, 0.3) is 5.91 Å². The highest BCUT2D eigenvalue weighted by Crippen LogP contribution is 2.36. The second kappa shape index (κ2) is 7.02. The van der Waals surface area contributed by atoms with Crippen molar-refractivity contribution in [2.75, 3.05) is 6.61 Å². The lowest BCUT2D eigenvalue weighted by molar-refractivity contribution is -0.139. The fraction of sp³-hybridized carbons (Fsp3) is 0.118. The number of rotatable bonds is 7. The summed E-state index contributed by atoms with van der Waals surface area (Å²) < 4.78 is 5.19. The molecule has 0 aliphatic heterocycles. The molecular weight excluding hydrogens is 326 g/mol. The van der Waals surface area contributed by atoms with E-state index in [1.165, 1.54) is 30.3 Å². The van der Waals surface area contributed by atoms with Gasteiger partial charge in [0, 0.05) is 11.1 Å². The van der Waals surface area contributed by atoms with E-state index in [4.69, 9.17) is 26.7 Å². The number of nitrogens with two attached hydrogens (primary N) is 2. The second-order valence-corrected chi connectivity index (χ2v) is 5.25. The summed E-state index contributed by atoms with van der Waals surface area (Å²) in [6.45, 7) is -0.710. The van der Waals surface area contributed by atoms with Crippen LogP contribution >= 0.6 is 0 Å². The number of benzene rings is 2. The van der Waals surface area contributed by atoms with E-state index in [1.807, 2.05) is 0 Å². The molecule has 8 heteroatoms. The van der Waals surface area contributed by atoms with Gasteiger partial charge in [-0.15, -0.1) is 0 Å². The van der Waals surface area contributed by atoms with E-state index < -0.39 is 24.1 Å². The van der Waals surface area contributed by atoms with Crippen LogP contribution < -0.4 is 16.2 Å². The molecule has 0 bridgehead atoms. The van der Waals surface area contributed by atoms with Gasteiger partial charge in [-0.1, -0.05) is 42.5 Å². The number of nitrogen functional groups attached to an aromatic ring is 1. The summed E-state index contributed by atoms with van der Waals surface area (Å²) in [5.74, 6) is -2.70. The van der Waals surface area contributed by atoms with Crippen LogP contribution in [0.15, 0.2) is 48.5 Å². The van der Waals surface area contributed by atoms with Gasteiger partial charge in [0.05, 0.1) is 0 Å². The van der Waals surface area contributed by atoms with E-state index in [-0.39, 0.29) is 28.3 Å². The van der Waals surface area contributed by atoms with Crippen LogP contribution in [0.1, 0.15) is 16.7 Å². The third kappa shape index (κ3) is 3.59. The number of amides is 1. The molecule has 1 unspecified atom stereocenters. The van der Waals surface area contributed by atoms with Gasteiger partial charge in [0.2, 0.25) is 0 Å². The normalized spacial score (nSPS) is 12.8. The predicted molar refractivity (Wildman–Crippen MR) is 89.2 cm³/mol. The Morgan fingerprint density at radius 1 is 1.12 bits per heavy atom. The van der Waals surface area contributed by atoms with Crippen LogP contribution in [0.4, 0.5) is 0 Å². The molecule has 1 amide bonds. The number of aliphatic carboxylic acids is 1. The monoisotopic (exact) mass is 343 g/mol. The Morgan fingerprint density at radius 3 is 2.28 bits per heavy atom. The largest absolute Gasteiger partial charge is 0.481 e. The SMILES string of the molecule is N=C(N)c1ccc(C(O)(C(N)=O)c2ccccc2)c(OCC(=O)O)c1.